The second kappa shape index (κ2) is 11.3. The molecule has 1 saturated heterocycles. The molecule has 1 fully saturated rings. The number of ether oxygens (including phenoxy) is 1. The van der Waals surface area contributed by atoms with Crippen molar-refractivity contribution >= 4 is 23.2 Å². The van der Waals surface area contributed by atoms with Gasteiger partial charge in [-0.05, 0) is 30.7 Å². The maximum atomic E-state index is 12.5. The van der Waals surface area contributed by atoms with Crippen LogP contribution >= 0.6 is 11.3 Å². The Labute approximate surface area is 155 Å². The average molecular weight is 366 g/mol. The SMILES string of the molecule is CCCCCCCCCCOC(=O)C1CCCN1C(=O)c1cccs1. The van der Waals surface area contributed by atoms with Gasteiger partial charge < -0.3 is 9.64 Å². The van der Waals surface area contributed by atoms with Gasteiger partial charge >= 0.3 is 5.97 Å². The van der Waals surface area contributed by atoms with Gasteiger partial charge in [0.2, 0.25) is 0 Å². The molecule has 1 aliphatic rings. The Bertz CT molecular complexity index is 515. The highest BCUT2D eigenvalue weighted by Gasteiger charge is 2.35. The van der Waals surface area contributed by atoms with E-state index < -0.39 is 6.04 Å². The van der Waals surface area contributed by atoms with E-state index in [1.807, 2.05) is 17.5 Å². The molecule has 0 aromatic carbocycles. The van der Waals surface area contributed by atoms with Gasteiger partial charge in [-0.3, -0.25) is 4.79 Å². The maximum absolute atomic E-state index is 12.5. The van der Waals surface area contributed by atoms with Crippen molar-refractivity contribution in [3.05, 3.63) is 22.4 Å². The number of rotatable bonds is 11. The van der Waals surface area contributed by atoms with Crippen LogP contribution in [-0.4, -0.2) is 36.0 Å². The Hall–Kier alpha value is -1.36. The van der Waals surface area contributed by atoms with Crippen LogP contribution in [0.25, 0.3) is 0 Å². The zero-order valence-electron chi connectivity index (χ0n) is 15.4. The van der Waals surface area contributed by atoms with Crippen LogP contribution in [0.5, 0.6) is 0 Å². The van der Waals surface area contributed by atoms with Crippen LogP contribution in [0.1, 0.15) is 80.8 Å². The van der Waals surface area contributed by atoms with Crippen molar-refractivity contribution in [2.45, 2.75) is 77.2 Å². The number of unbranched alkanes of at least 4 members (excludes halogenated alkanes) is 7. The molecule has 4 nitrogen and oxygen atoms in total. The Kier molecular flexibility index (Phi) is 9.02. The van der Waals surface area contributed by atoms with Gasteiger partial charge in [-0.25, -0.2) is 4.79 Å². The molecule has 25 heavy (non-hydrogen) atoms. The first kappa shape index (κ1) is 20.0. The van der Waals surface area contributed by atoms with Crippen molar-refractivity contribution in [2.24, 2.45) is 0 Å². The monoisotopic (exact) mass is 365 g/mol. The van der Waals surface area contributed by atoms with Crippen molar-refractivity contribution in [3.63, 3.8) is 0 Å². The first-order valence-electron chi connectivity index (χ1n) is 9.75. The zero-order valence-corrected chi connectivity index (χ0v) is 16.2. The van der Waals surface area contributed by atoms with E-state index >= 15 is 0 Å². The summed E-state index contributed by atoms with van der Waals surface area (Å²) in [7, 11) is 0. The summed E-state index contributed by atoms with van der Waals surface area (Å²) in [6, 6.07) is 3.28. The van der Waals surface area contributed by atoms with Crippen LogP contribution in [0.15, 0.2) is 17.5 Å². The van der Waals surface area contributed by atoms with Crippen molar-refractivity contribution in [2.75, 3.05) is 13.2 Å². The standard InChI is InChI=1S/C20H31NO3S/c1-2-3-4-5-6-7-8-9-15-24-20(23)17-12-10-14-21(17)19(22)18-13-11-16-25-18/h11,13,16-17H,2-10,12,14-15H2,1H3. The molecule has 0 bridgehead atoms. The van der Waals surface area contributed by atoms with Gasteiger partial charge in [-0.2, -0.15) is 0 Å². The lowest BCUT2D eigenvalue weighted by Crippen LogP contribution is -2.41. The largest absolute Gasteiger partial charge is 0.464 e. The molecule has 0 aliphatic carbocycles. The van der Waals surface area contributed by atoms with Gasteiger partial charge in [0.25, 0.3) is 5.91 Å². The number of carbonyl (C=O) groups is 2. The molecule has 0 N–H and O–H groups in total. The maximum Gasteiger partial charge on any atom is 0.328 e. The molecule has 1 unspecified atom stereocenters. The van der Waals surface area contributed by atoms with Crippen LogP contribution in [0.3, 0.4) is 0 Å². The normalized spacial score (nSPS) is 17.0. The molecule has 5 heteroatoms. The lowest BCUT2D eigenvalue weighted by molar-refractivity contribution is -0.148. The van der Waals surface area contributed by atoms with Crippen molar-refractivity contribution < 1.29 is 14.3 Å². The third-order valence-electron chi connectivity index (χ3n) is 4.76. The summed E-state index contributed by atoms with van der Waals surface area (Å²) in [5.41, 5.74) is 0. The highest BCUT2D eigenvalue weighted by atomic mass is 32.1. The minimum absolute atomic E-state index is 0.0403. The van der Waals surface area contributed by atoms with E-state index in [4.69, 9.17) is 4.74 Å². The molecule has 1 atom stereocenters. The first-order chi connectivity index (χ1) is 12.2. The van der Waals surface area contributed by atoms with Gasteiger partial charge in [0.05, 0.1) is 11.5 Å². The van der Waals surface area contributed by atoms with E-state index in [0.717, 1.165) is 19.3 Å². The first-order valence-corrected chi connectivity index (χ1v) is 10.6. The summed E-state index contributed by atoms with van der Waals surface area (Å²) < 4.78 is 5.44. The predicted octanol–water partition coefficient (Wildman–Crippen LogP) is 5.04. The van der Waals surface area contributed by atoms with Gasteiger partial charge in [0.15, 0.2) is 0 Å². The fourth-order valence-corrected chi connectivity index (χ4v) is 3.98. The molecule has 0 saturated carbocycles. The highest BCUT2D eigenvalue weighted by molar-refractivity contribution is 7.12. The molecule has 140 valence electrons. The third-order valence-corrected chi connectivity index (χ3v) is 5.62. The number of hydrogen-bond acceptors (Lipinski definition) is 4. The number of nitrogens with zero attached hydrogens (tertiary/aromatic N) is 1. The highest BCUT2D eigenvalue weighted by Crippen LogP contribution is 2.23. The van der Waals surface area contributed by atoms with Crippen molar-refractivity contribution in [1.82, 2.24) is 4.90 Å². The number of esters is 1. The molecular formula is C20H31NO3S. The van der Waals surface area contributed by atoms with E-state index in [1.54, 1.807) is 4.90 Å². The van der Waals surface area contributed by atoms with Gasteiger partial charge in [-0.15, -0.1) is 11.3 Å². The number of likely N-dealkylation sites (tertiary alicyclic amines) is 1. The second-order valence-electron chi connectivity index (χ2n) is 6.78. The fourth-order valence-electron chi connectivity index (χ4n) is 3.30. The summed E-state index contributed by atoms with van der Waals surface area (Å²) in [4.78, 5) is 27.2. The van der Waals surface area contributed by atoms with Gasteiger partial charge in [0.1, 0.15) is 6.04 Å². The lowest BCUT2D eigenvalue weighted by atomic mass is 10.1. The van der Waals surface area contributed by atoms with E-state index in [0.29, 0.717) is 24.4 Å². The number of hydrogen-bond donors (Lipinski definition) is 0. The number of thiophene rings is 1. The van der Waals surface area contributed by atoms with Crippen LogP contribution in [0.2, 0.25) is 0 Å². The summed E-state index contributed by atoms with van der Waals surface area (Å²) in [5, 5.41) is 1.89. The molecule has 1 aromatic rings. The Morgan fingerprint density at radius 1 is 1.16 bits per heavy atom. The molecule has 1 aromatic heterocycles. The van der Waals surface area contributed by atoms with Crippen LogP contribution in [0.4, 0.5) is 0 Å². The summed E-state index contributed by atoms with van der Waals surface area (Å²) in [6.45, 7) is 3.35. The van der Waals surface area contributed by atoms with Gasteiger partial charge in [0, 0.05) is 6.54 Å². The van der Waals surface area contributed by atoms with Crippen LogP contribution < -0.4 is 0 Å². The molecule has 0 radical (unpaired) electrons. The third kappa shape index (κ3) is 6.46. The average Bonchev–Trinajstić information content (AvgIpc) is 3.31. The van der Waals surface area contributed by atoms with Gasteiger partial charge in [-0.1, -0.05) is 57.9 Å². The smallest absolute Gasteiger partial charge is 0.328 e. The molecule has 1 aliphatic heterocycles. The summed E-state index contributed by atoms with van der Waals surface area (Å²) in [6.07, 6.45) is 11.4. The fraction of sp³-hybridized carbons (Fsp3) is 0.700. The quantitative estimate of drug-likeness (QED) is 0.408. The lowest BCUT2D eigenvalue weighted by Gasteiger charge is -2.22. The van der Waals surface area contributed by atoms with Crippen LogP contribution in [-0.2, 0) is 9.53 Å². The Morgan fingerprint density at radius 3 is 2.56 bits per heavy atom. The van der Waals surface area contributed by atoms with Crippen LogP contribution in [0, 0.1) is 0 Å². The Balaban J connectivity index is 1.62. The minimum atomic E-state index is -0.399. The predicted molar refractivity (Wildman–Crippen MR) is 102 cm³/mol. The molecular weight excluding hydrogens is 334 g/mol. The van der Waals surface area contributed by atoms with Crippen molar-refractivity contribution in [1.29, 1.82) is 0 Å². The minimum Gasteiger partial charge on any atom is -0.464 e. The topological polar surface area (TPSA) is 46.6 Å². The molecule has 2 heterocycles. The van der Waals surface area contributed by atoms with E-state index in [1.165, 1.54) is 49.9 Å². The summed E-state index contributed by atoms with van der Waals surface area (Å²) >= 11 is 1.42. The van der Waals surface area contributed by atoms with E-state index in [9.17, 15) is 9.59 Å². The van der Waals surface area contributed by atoms with Crippen molar-refractivity contribution in [3.8, 4) is 0 Å². The zero-order chi connectivity index (χ0) is 17.9. The second-order valence-corrected chi connectivity index (χ2v) is 7.72. The number of amides is 1. The number of carbonyl (C=O) groups excluding carboxylic acids is 2. The summed E-state index contributed by atoms with van der Waals surface area (Å²) in [5.74, 6) is -0.271. The Morgan fingerprint density at radius 2 is 1.88 bits per heavy atom. The molecule has 2 rings (SSSR count). The van der Waals surface area contributed by atoms with E-state index in [2.05, 4.69) is 6.92 Å². The molecule has 1 amide bonds. The van der Waals surface area contributed by atoms with E-state index in [-0.39, 0.29) is 11.9 Å². The molecule has 0 spiro atoms.